The molecule has 0 aliphatic heterocycles. The lowest BCUT2D eigenvalue weighted by Crippen LogP contribution is -2.16. The van der Waals surface area contributed by atoms with Gasteiger partial charge in [-0.2, -0.15) is 4.89 Å². The molecule has 0 saturated carbocycles. The Hall–Kier alpha value is -0.160. The highest BCUT2D eigenvalue weighted by Crippen LogP contribution is 2.12. The van der Waals surface area contributed by atoms with Crippen LogP contribution in [-0.4, -0.2) is 19.5 Å². The first-order valence-corrected chi connectivity index (χ1v) is 4.44. The van der Waals surface area contributed by atoms with Gasteiger partial charge < -0.3 is 4.74 Å². The van der Waals surface area contributed by atoms with Gasteiger partial charge in [-0.3, -0.25) is 0 Å². The van der Waals surface area contributed by atoms with Crippen LogP contribution in [0.25, 0.3) is 0 Å². The topological polar surface area (TPSA) is 36.9 Å². The van der Waals surface area contributed by atoms with Crippen molar-refractivity contribution in [1.29, 1.82) is 0 Å². The number of ether oxygens (including phenoxy) is 1. The number of hydrogen-bond donors (Lipinski definition) is 0. The fourth-order valence-electron chi connectivity index (χ4n) is 0.418. The van der Waals surface area contributed by atoms with E-state index in [2.05, 4.69) is 9.93 Å². The summed E-state index contributed by atoms with van der Waals surface area (Å²) in [7, 11) is 0. The van der Waals surface area contributed by atoms with Crippen LogP contribution in [0.4, 0.5) is 0 Å². The predicted molar refractivity (Wildman–Crippen MR) is 48.7 cm³/mol. The van der Waals surface area contributed by atoms with Crippen molar-refractivity contribution in [3.8, 4) is 0 Å². The van der Waals surface area contributed by atoms with Gasteiger partial charge in [-0.05, 0) is 19.3 Å². The van der Waals surface area contributed by atoms with Crippen LogP contribution in [0.3, 0.4) is 0 Å². The van der Waals surface area contributed by atoms with Crippen LogP contribution in [-0.2, 0) is 19.6 Å². The van der Waals surface area contributed by atoms with Gasteiger partial charge in [0.1, 0.15) is 0 Å². The minimum atomic E-state index is 0.0717. The predicted octanol–water partition coefficient (Wildman–Crippen LogP) is 2.29. The van der Waals surface area contributed by atoms with E-state index in [1.165, 1.54) is 0 Å². The van der Waals surface area contributed by atoms with Gasteiger partial charge in [-0.25, -0.2) is 4.89 Å². The van der Waals surface area contributed by atoms with E-state index in [1.54, 1.807) is 0 Å². The standard InChI is InChI=1S/C9H20O4/c1-8(2)10-7-12-13-11-6-9(3,4)5/h8H,6-7H2,1-5H3. The molecule has 0 amide bonds. The summed E-state index contributed by atoms with van der Waals surface area (Å²) in [5.41, 5.74) is 0.0717. The van der Waals surface area contributed by atoms with Crippen molar-refractivity contribution in [1.82, 2.24) is 0 Å². The molecule has 0 radical (unpaired) electrons. The highest BCUT2D eigenvalue weighted by atomic mass is 17.5. The van der Waals surface area contributed by atoms with Crippen molar-refractivity contribution in [2.24, 2.45) is 5.41 Å². The maximum absolute atomic E-state index is 5.05. The molecule has 0 aliphatic rings. The molecule has 80 valence electrons. The molecule has 0 heterocycles. The second-order valence-electron chi connectivity index (χ2n) is 4.34. The average Bonchev–Trinajstić information content (AvgIpc) is 1.93. The van der Waals surface area contributed by atoms with E-state index in [0.717, 1.165) is 0 Å². The molecular weight excluding hydrogens is 172 g/mol. The molecule has 0 atom stereocenters. The summed E-state index contributed by atoms with van der Waals surface area (Å²) in [6.07, 6.45) is 0.131. The van der Waals surface area contributed by atoms with Gasteiger partial charge in [0, 0.05) is 0 Å². The van der Waals surface area contributed by atoms with Gasteiger partial charge in [0.25, 0.3) is 0 Å². The van der Waals surface area contributed by atoms with Crippen molar-refractivity contribution in [2.45, 2.75) is 40.7 Å². The van der Waals surface area contributed by atoms with Gasteiger partial charge in [0.05, 0.1) is 12.7 Å². The summed E-state index contributed by atoms with van der Waals surface area (Å²) in [6.45, 7) is 10.5. The van der Waals surface area contributed by atoms with Crippen molar-refractivity contribution in [3.05, 3.63) is 0 Å². The van der Waals surface area contributed by atoms with Crippen molar-refractivity contribution in [2.75, 3.05) is 13.4 Å². The monoisotopic (exact) mass is 192 g/mol. The third-order valence-corrected chi connectivity index (χ3v) is 1.04. The van der Waals surface area contributed by atoms with E-state index in [0.29, 0.717) is 6.61 Å². The van der Waals surface area contributed by atoms with E-state index in [9.17, 15) is 0 Å². The minimum Gasteiger partial charge on any atom is -0.349 e. The molecule has 4 nitrogen and oxygen atoms in total. The molecule has 0 fully saturated rings. The minimum absolute atomic E-state index is 0.0717. The number of rotatable bonds is 6. The van der Waals surface area contributed by atoms with Crippen LogP contribution >= 0.6 is 0 Å². The molecule has 0 unspecified atom stereocenters. The molecule has 4 heteroatoms. The van der Waals surface area contributed by atoms with Crippen LogP contribution in [0.2, 0.25) is 0 Å². The highest BCUT2D eigenvalue weighted by molar-refractivity contribution is 4.56. The second kappa shape index (κ2) is 6.32. The Balaban J connectivity index is 3.09. The normalized spacial score (nSPS) is 12.5. The Bertz CT molecular complexity index is 117. The summed E-state index contributed by atoms with van der Waals surface area (Å²) >= 11 is 0. The lowest BCUT2D eigenvalue weighted by molar-refractivity contribution is -0.532. The average molecular weight is 192 g/mol. The summed E-state index contributed by atoms with van der Waals surface area (Å²) in [6, 6.07) is 0. The SMILES string of the molecule is CC(C)OCOOOCC(C)(C)C. The van der Waals surface area contributed by atoms with E-state index in [1.807, 2.05) is 34.6 Å². The highest BCUT2D eigenvalue weighted by Gasteiger charge is 2.10. The van der Waals surface area contributed by atoms with Crippen LogP contribution < -0.4 is 0 Å². The van der Waals surface area contributed by atoms with E-state index in [-0.39, 0.29) is 18.3 Å². The molecular formula is C9H20O4. The van der Waals surface area contributed by atoms with Crippen LogP contribution in [0, 0.1) is 5.41 Å². The fourth-order valence-corrected chi connectivity index (χ4v) is 0.418. The molecule has 0 aromatic rings. The van der Waals surface area contributed by atoms with Crippen LogP contribution in [0.5, 0.6) is 0 Å². The molecule has 0 saturated heterocycles. The smallest absolute Gasteiger partial charge is 0.184 e. The summed E-state index contributed by atoms with van der Waals surface area (Å²) in [5.74, 6) is 0. The van der Waals surface area contributed by atoms with E-state index >= 15 is 0 Å². The van der Waals surface area contributed by atoms with Crippen LogP contribution in [0.1, 0.15) is 34.6 Å². The van der Waals surface area contributed by atoms with Crippen LogP contribution in [0.15, 0.2) is 0 Å². The first kappa shape index (κ1) is 12.8. The van der Waals surface area contributed by atoms with Gasteiger partial charge >= 0.3 is 0 Å². The van der Waals surface area contributed by atoms with Gasteiger partial charge in [-0.1, -0.05) is 25.8 Å². The summed E-state index contributed by atoms with van der Waals surface area (Å²) < 4.78 is 5.05. The first-order valence-electron chi connectivity index (χ1n) is 4.44. The van der Waals surface area contributed by atoms with E-state index < -0.39 is 0 Å². The Morgan fingerprint density at radius 1 is 1.08 bits per heavy atom. The largest absolute Gasteiger partial charge is 0.349 e. The lowest BCUT2D eigenvalue weighted by atomic mass is 9.99. The molecule has 0 spiro atoms. The zero-order chi connectivity index (χ0) is 10.3. The van der Waals surface area contributed by atoms with Gasteiger partial charge in [-0.15, -0.1) is 0 Å². The molecule has 13 heavy (non-hydrogen) atoms. The van der Waals surface area contributed by atoms with Crippen molar-refractivity contribution >= 4 is 0 Å². The first-order chi connectivity index (χ1) is 5.92. The van der Waals surface area contributed by atoms with Gasteiger partial charge in [0.2, 0.25) is 0 Å². The number of hydrogen-bond acceptors (Lipinski definition) is 4. The van der Waals surface area contributed by atoms with E-state index in [4.69, 9.17) is 9.62 Å². The van der Waals surface area contributed by atoms with Crippen molar-refractivity contribution < 1.29 is 19.6 Å². The Morgan fingerprint density at radius 2 is 1.69 bits per heavy atom. The zero-order valence-corrected chi connectivity index (χ0v) is 9.12. The summed E-state index contributed by atoms with van der Waals surface area (Å²) in [5, 5.41) is 4.44. The zero-order valence-electron chi connectivity index (χ0n) is 9.12. The Kier molecular flexibility index (Phi) is 6.24. The summed E-state index contributed by atoms with van der Waals surface area (Å²) in [4.78, 5) is 9.37. The third kappa shape index (κ3) is 11.8. The third-order valence-electron chi connectivity index (χ3n) is 1.04. The molecule has 0 aromatic heterocycles. The molecule has 0 rings (SSSR count). The fraction of sp³-hybridized carbons (Fsp3) is 1.00. The Morgan fingerprint density at radius 3 is 2.15 bits per heavy atom. The van der Waals surface area contributed by atoms with Crippen molar-refractivity contribution in [3.63, 3.8) is 0 Å². The maximum Gasteiger partial charge on any atom is 0.184 e. The lowest BCUT2D eigenvalue weighted by Gasteiger charge is -2.16. The second-order valence-corrected chi connectivity index (χ2v) is 4.34. The van der Waals surface area contributed by atoms with Gasteiger partial charge in [0.15, 0.2) is 6.79 Å². The molecule has 0 N–H and O–H groups in total. The maximum atomic E-state index is 5.05. The molecule has 0 aliphatic carbocycles. The quantitative estimate of drug-likeness (QED) is 0.280. The molecule has 0 bridgehead atoms. The molecule has 0 aromatic carbocycles. The Labute approximate surface area is 80.0 Å².